The Morgan fingerprint density at radius 2 is 1.94 bits per heavy atom. The van der Waals surface area contributed by atoms with E-state index in [-0.39, 0.29) is 24.2 Å². The van der Waals surface area contributed by atoms with Crippen LogP contribution >= 0.6 is 0 Å². The number of hydrogen-bond donors (Lipinski definition) is 1. The van der Waals surface area contributed by atoms with E-state index in [0.29, 0.717) is 5.92 Å². The molecule has 0 aromatic carbocycles. The third kappa shape index (κ3) is 3.19. The maximum atomic E-state index is 12.4. The maximum Gasteiger partial charge on any atom is 0.241 e. The molecule has 0 radical (unpaired) electrons. The molecular formula is C13H27N3O. The van der Waals surface area contributed by atoms with E-state index in [1.807, 2.05) is 19.0 Å². The van der Waals surface area contributed by atoms with E-state index >= 15 is 0 Å². The fraction of sp³-hybridized carbons (Fsp3) is 0.923. The monoisotopic (exact) mass is 241 g/mol. The van der Waals surface area contributed by atoms with Crippen LogP contribution in [0.15, 0.2) is 0 Å². The molecule has 0 aromatic rings. The Hall–Kier alpha value is -0.610. The molecule has 3 atom stereocenters. The molecule has 4 heteroatoms. The summed E-state index contributed by atoms with van der Waals surface area (Å²) in [6.45, 7) is 9.37. The van der Waals surface area contributed by atoms with Gasteiger partial charge in [0.2, 0.25) is 5.91 Å². The minimum absolute atomic E-state index is 0.00966. The highest BCUT2D eigenvalue weighted by molar-refractivity contribution is 5.84. The third-order valence-corrected chi connectivity index (χ3v) is 3.39. The van der Waals surface area contributed by atoms with Crippen molar-refractivity contribution < 1.29 is 4.79 Å². The highest BCUT2D eigenvalue weighted by atomic mass is 16.2. The quantitative estimate of drug-likeness (QED) is 0.784. The molecule has 1 N–H and O–H groups in total. The lowest BCUT2D eigenvalue weighted by atomic mass is 10.0. The summed E-state index contributed by atoms with van der Waals surface area (Å²) >= 11 is 0. The van der Waals surface area contributed by atoms with E-state index in [4.69, 9.17) is 0 Å². The largest absolute Gasteiger partial charge is 0.322 e. The average Bonchev–Trinajstić information content (AvgIpc) is 2.54. The van der Waals surface area contributed by atoms with Crippen molar-refractivity contribution in [3.05, 3.63) is 0 Å². The first kappa shape index (κ1) is 14.5. The SMILES string of the molecule is CCC1NC(C(C)C)C(=O)N1C(C)CN(C)C. The lowest BCUT2D eigenvalue weighted by molar-refractivity contribution is -0.132. The number of amides is 1. The fourth-order valence-corrected chi connectivity index (χ4v) is 2.61. The molecule has 1 fully saturated rings. The Kier molecular flexibility index (Phi) is 4.95. The summed E-state index contributed by atoms with van der Waals surface area (Å²) in [4.78, 5) is 16.5. The lowest BCUT2D eigenvalue weighted by Crippen LogP contribution is -2.47. The van der Waals surface area contributed by atoms with Crippen LogP contribution in [-0.2, 0) is 4.79 Å². The summed E-state index contributed by atoms with van der Waals surface area (Å²) in [6, 6.07) is 0.253. The second-order valence-electron chi connectivity index (χ2n) is 5.67. The first-order valence-corrected chi connectivity index (χ1v) is 6.61. The van der Waals surface area contributed by atoms with Gasteiger partial charge >= 0.3 is 0 Å². The van der Waals surface area contributed by atoms with Crippen molar-refractivity contribution in [1.82, 2.24) is 15.1 Å². The van der Waals surface area contributed by atoms with E-state index in [9.17, 15) is 4.79 Å². The van der Waals surface area contributed by atoms with Crippen LogP contribution in [0.25, 0.3) is 0 Å². The van der Waals surface area contributed by atoms with Gasteiger partial charge in [-0.15, -0.1) is 0 Å². The van der Waals surface area contributed by atoms with E-state index in [1.54, 1.807) is 0 Å². The fourth-order valence-electron chi connectivity index (χ4n) is 2.61. The van der Waals surface area contributed by atoms with Gasteiger partial charge in [-0.2, -0.15) is 0 Å². The third-order valence-electron chi connectivity index (χ3n) is 3.39. The molecule has 3 unspecified atom stereocenters. The Labute approximate surface area is 105 Å². The smallest absolute Gasteiger partial charge is 0.241 e. The molecule has 0 aliphatic carbocycles. The highest BCUT2D eigenvalue weighted by Crippen LogP contribution is 2.21. The van der Waals surface area contributed by atoms with Gasteiger partial charge in [0.05, 0.1) is 12.2 Å². The predicted octanol–water partition coefficient (Wildman–Crippen LogP) is 1.13. The van der Waals surface area contributed by atoms with E-state index in [1.165, 1.54) is 0 Å². The van der Waals surface area contributed by atoms with Crippen molar-refractivity contribution in [2.45, 2.75) is 52.4 Å². The van der Waals surface area contributed by atoms with Crippen LogP contribution in [0.3, 0.4) is 0 Å². The van der Waals surface area contributed by atoms with Crippen LogP contribution < -0.4 is 5.32 Å². The summed E-state index contributed by atoms with van der Waals surface area (Å²) in [7, 11) is 4.09. The summed E-state index contributed by atoms with van der Waals surface area (Å²) in [5.41, 5.74) is 0. The number of nitrogens with zero attached hydrogens (tertiary/aromatic N) is 2. The van der Waals surface area contributed by atoms with Gasteiger partial charge in [-0.05, 0) is 33.4 Å². The number of likely N-dealkylation sites (N-methyl/N-ethyl adjacent to an activating group) is 1. The number of carbonyl (C=O) groups excluding carboxylic acids is 1. The summed E-state index contributed by atoms with van der Waals surface area (Å²) in [5.74, 6) is 0.620. The van der Waals surface area contributed by atoms with Crippen molar-refractivity contribution in [3.63, 3.8) is 0 Å². The first-order valence-electron chi connectivity index (χ1n) is 6.61. The molecule has 100 valence electrons. The first-order chi connectivity index (χ1) is 7.88. The second-order valence-corrected chi connectivity index (χ2v) is 5.67. The topological polar surface area (TPSA) is 35.6 Å². The van der Waals surface area contributed by atoms with Gasteiger partial charge in [-0.1, -0.05) is 20.8 Å². The van der Waals surface area contributed by atoms with Crippen molar-refractivity contribution in [3.8, 4) is 0 Å². The summed E-state index contributed by atoms with van der Waals surface area (Å²) < 4.78 is 0. The van der Waals surface area contributed by atoms with Gasteiger partial charge in [0.1, 0.15) is 0 Å². The molecule has 0 saturated carbocycles. The highest BCUT2D eigenvalue weighted by Gasteiger charge is 2.41. The Morgan fingerprint density at radius 3 is 2.35 bits per heavy atom. The van der Waals surface area contributed by atoms with Gasteiger partial charge < -0.3 is 9.80 Å². The van der Waals surface area contributed by atoms with E-state index < -0.39 is 0 Å². The molecule has 1 heterocycles. The van der Waals surface area contributed by atoms with Crippen LogP contribution in [-0.4, -0.2) is 54.6 Å². The van der Waals surface area contributed by atoms with Gasteiger partial charge in [0.25, 0.3) is 0 Å². The van der Waals surface area contributed by atoms with Crippen LogP contribution in [0.2, 0.25) is 0 Å². The molecule has 1 saturated heterocycles. The Balaban J connectivity index is 2.78. The van der Waals surface area contributed by atoms with Crippen LogP contribution in [0, 0.1) is 5.92 Å². The van der Waals surface area contributed by atoms with Crippen molar-refractivity contribution in [2.24, 2.45) is 5.92 Å². The molecule has 0 spiro atoms. The molecule has 1 amide bonds. The van der Waals surface area contributed by atoms with Gasteiger partial charge in [-0.25, -0.2) is 0 Å². The molecule has 1 aliphatic rings. The van der Waals surface area contributed by atoms with Crippen LogP contribution in [0.5, 0.6) is 0 Å². The molecule has 0 bridgehead atoms. The average molecular weight is 241 g/mol. The Bertz CT molecular complexity index is 265. The van der Waals surface area contributed by atoms with Crippen LogP contribution in [0.1, 0.15) is 34.1 Å². The summed E-state index contributed by atoms with van der Waals surface area (Å²) in [6.07, 6.45) is 1.16. The number of carbonyl (C=O) groups is 1. The van der Waals surface area contributed by atoms with Crippen molar-refractivity contribution >= 4 is 5.91 Å². The van der Waals surface area contributed by atoms with Crippen molar-refractivity contribution in [2.75, 3.05) is 20.6 Å². The zero-order chi connectivity index (χ0) is 13.2. The summed E-state index contributed by atoms with van der Waals surface area (Å²) in [5, 5.41) is 3.45. The molecule has 0 aromatic heterocycles. The minimum atomic E-state index is -0.00966. The lowest BCUT2D eigenvalue weighted by Gasteiger charge is -2.31. The van der Waals surface area contributed by atoms with Gasteiger partial charge in [0.15, 0.2) is 0 Å². The molecular weight excluding hydrogens is 214 g/mol. The molecule has 1 aliphatic heterocycles. The van der Waals surface area contributed by atoms with Gasteiger partial charge in [0, 0.05) is 12.6 Å². The maximum absolute atomic E-state index is 12.4. The number of hydrogen-bond acceptors (Lipinski definition) is 3. The second kappa shape index (κ2) is 5.83. The number of rotatable bonds is 5. The zero-order valence-electron chi connectivity index (χ0n) is 12.0. The molecule has 17 heavy (non-hydrogen) atoms. The van der Waals surface area contributed by atoms with Gasteiger partial charge in [-0.3, -0.25) is 10.1 Å². The molecule has 1 rings (SSSR count). The standard InChI is InChI=1S/C13H27N3O/c1-7-11-14-12(9(2)3)13(17)16(11)10(4)8-15(5)6/h9-12,14H,7-8H2,1-6H3. The molecule has 4 nitrogen and oxygen atoms in total. The zero-order valence-corrected chi connectivity index (χ0v) is 12.0. The van der Waals surface area contributed by atoms with E-state index in [0.717, 1.165) is 13.0 Å². The van der Waals surface area contributed by atoms with Crippen molar-refractivity contribution in [1.29, 1.82) is 0 Å². The minimum Gasteiger partial charge on any atom is -0.322 e. The predicted molar refractivity (Wildman–Crippen MR) is 70.7 cm³/mol. The Morgan fingerprint density at radius 1 is 1.35 bits per heavy atom. The van der Waals surface area contributed by atoms with E-state index in [2.05, 4.69) is 37.9 Å². The number of nitrogens with one attached hydrogen (secondary N) is 1. The normalized spacial score (nSPS) is 27.3. The van der Waals surface area contributed by atoms with Crippen LogP contribution in [0.4, 0.5) is 0 Å².